The lowest BCUT2D eigenvalue weighted by molar-refractivity contribution is 1.06. The summed E-state index contributed by atoms with van der Waals surface area (Å²) in [4.78, 5) is 18.0. The van der Waals surface area contributed by atoms with E-state index in [-0.39, 0.29) is 0 Å². The van der Waals surface area contributed by atoms with E-state index in [2.05, 4.69) is 49.7 Å². The van der Waals surface area contributed by atoms with Crippen molar-refractivity contribution in [2.45, 2.75) is 27.7 Å². The first kappa shape index (κ1) is 22.3. The maximum absolute atomic E-state index is 5.51. The molecular weight excluding hydrogens is 430 g/mol. The summed E-state index contributed by atoms with van der Waals surface area (Å²) in [5.41, 5.74) is 6.66. The Morgan fingerprint density at radius 3 is 2.30 bits per heavy atom. The molecule has 3 N–H and O–H groups in total. The Morgan fingerprint density at radius 2 is 1.55 bits per heavy atom. The SMILES string of the molecule is Cc1cc(C)nc(N/C(=N\C(=S)Nc2ccc(C)c(C)c2)Nc2cnc3ccccc3c2)n1. The van der Waals surface area contributed by atoms with Gasteiger partial charge in [-0.05, 0) is 81.4 Å². The molecule has 0 radical (unpaired) electrons. The zero-order valence-electron chi connectivity index (χ0n) is 19.0. The molecule has 7 nitrogen and oxygen atoms in total. The molecule has 0 aliphatic heterocycles. The first-order valence-electron chi connectivity index (χ1n) is 10.5. The predicted octanol–water partition coefficient (Wildman–Crippen LogP) is 5.54. The van der Waals surface area contributed by atoms with E-state index < -0.39 is 0 Å². The fourth-order valence-electron chi connectivity index (χ4n) is 3.32. The lowest BCUT2D eigenvalue weighted by Crippen LogP contribution is -2.26. The highest BCUT2D eigenvalue weighted by Crippen LogP contribution is 2.17. The van der Waals surface area contributed by atoms with Crippen molar-refractivity contribution in [2.24, 2.45) is 4.99 Å². The van der Waals surface area contributed by atoms with Gasteiger partial charge >= 0.3 is 0 Å². The Balaban J connectivity index is 1.62. The number of nitrogens with zero attached hydrogens (tertiary/aromatic N) is 4. The molecule has 0 bridgehead atoms. The minimum Gasteiger partial charge on any atom is -0.331 e. The minimum atomic E-state index is 0.298. The lowest BCUT2D eigenvalue weighted by Gasteiger charge is -2.13. The molecule has 4 aromatic rings. The van der Waals surface area contributed by atoms with Gasteiger partial charge in [-0.25, -0.2) is 9.97 Å². The van der Waals surface area contributed by atoms with Crippen molar-refractivity contribution in [3.8, 4) is 0 Å². The van der Waals surface area contributed by atoms with Crippen molar-refractivity contribution in [3.05, 3.63) is 83.3 Å². The average Bonchev–Trinajstić information content (AvgIpc) is 2.75. The number of anilines is 3. The number of aryl methyl sites for hydroxylation is 4. The highest BCUT2D eigenvalue weighted by atomic mass is 32.1. The Bertz CT molecular complexity index is 1340. The van der Waals surface area contributed by atoms with Crippen molar-refractivity contribution < 1.29 is 0 Å². The minimum absolute atomic E-state index is 0.298. The molecular formula is C25H25N7S. The maximum atomic E-state index is 5.51. The molecule has 0 saturated carbocycles. The summed E-state index contributed by atoms with van der Waals surface area (Å²) in [7, 11) is 0. The average molecular weight is 456 g/mol. The quantitative estimate of drug-likeness (QED) is 0.212. The van der Waals surface area contributed by atoms with Gasteiger partial charge in [0.1, 0.15) is 0 Å². The van der Waals surface area contributed by atoms with Crippen LogP contribution in [0.15, 0.2) is 65.8 Å². The van der Waals surface area contributed by atoms with Gasteiger partial charge in [0.2, 0.25) is 17.0 Å². The van der Waals surface area contributed by atoms with Gasteiger partial charge in [-0.1, -0.05) is 24.3 Å². The Labute approximate surface area is 198 Å². The summed E-state index contributed by atoms with van der Waals surface area (Å²) in [6, 6.07) is 17.9. The van der Waals surface area contributed by atoms with Crippen molar-refractivity contribution in [2.75, 3.05) is 16.0 Å². The molecule has 8 heteroatoms. The molecule has 0 amide bonds. The van der Waals surface area contributed by atoms with Crippen LogP contribution in [0.3, 0.4) is 0 Å². The van der Waals surface area contributed by atoms with Crippen LogP contribution in [-0.4, -0.2) is 26.0 Å². The number of benzene rings is 2. The van der Waals surface area contributed by atoms with E-state index in [1.807, 2.05) is 68.4 Å². The summed E-state index contributed by atoms with van der Waals surface area (Å²) in [6.45, 7) is 7.97. The van der Waals surface area contributed by atoms with E-state index >= 15 is 0 Å². The van der Waals surface area contributed by atoms with Gasteiger partial charge in [-0.2, -0.15) is 4.99 Å². The number of hydrogen-bond acceptors (Lipinski definition) is 4. The molecule has 2 heterocycles. The summed E-state index contributed by atoms with van der Waals surface area (Å²) in [5.74, 6) is 0.819. The molecule has 0 spiro atoms. The number of fused-ring (bicyclic) bond motifs is 1. The van der Waals surface area contributed by atoms with E-state index in [1.165, 1.54) is 11.1 Å². The molecule has 0 aliphatic rings. The van der Waals surface area contributed by atoms with Gasteiger partial charge < -0.3 is 10.6 Å². The smallest absolute Gasteiger partial charge is 0.229 e. The summed E-state index contributed by atoms with van der Waals surface area (Å²) >= 11 is 5.51. The first-order valence-corrected chi connectivity index (χ1v) is 10.9. The third-order valence-electron chi connectivity index (χ3n) is 5.04. The Kier molecular flexibility index (Phi) is 6.55. The van der Waals surface area contributed by atoms with E-state index in [1.54, 1.807) is 6.20 Å². The second-order valence-electron chi connectivity index (χ2n) is 7.83. The predicted molar refractivity (Wildman–Crippen MR) is 140 cm³/mol. The number of hydrogen-bond donors (Lipinski definition) is 3. The van der Waals surface area contributed by atoms with Crippen LogP contribution in [0, 0.1) is 27.7 Å². The fraction of sp³-hybridized carbons (Fsp3) is 0.160. The van der Waals surface area contributed by atoms with Gasteiger partial charge in [0.15, 0.2) is 0 Å². The van der Waals surface area contributed by atoms with Crippen LogP contribution in [0.4, 0.5) is 17.3 Å². The van der Waals surface area contributed by atoms with Gasteiger partial charge in [-0.3, -0.25) is 10.3 Å². The van der Waals surface area contributed by atoms with Crippen molar-refractivity contribution in [1.29, 1.82) is 0 Å². The van der Waals surface area contributed by atoms with Crippen molar-refractivity contribution >= 4 is 51.5 Å². The van der Waals surface area contributed by atoms with Crippen LogP contribution < -0.4 is 16.0 Å². The topological polar surface area (TPSA) is 87.1 Å². The molecule has 0 saturated heterocycles. The molecule has 0 unspecified atom stereocenters. The number of pyridine rings is 1. The fourth-order valence-corrected chi connectivity index (χ4v) is 3.53. The molecule has 2 aromatic carbocycles. The number of thiocarbonyl (C=S) groups is 1. The molecule has 166 valence electrons. The van der Waals surface area contributed by atoms with E-state index in [4.69, 9.17) is 12.2 Å². The van der Waals surface area contributed by atoms with Gasteiger partial charge in [-0.15, -0.1) is 0 Å². The third-order valence-corrected chi connectivity index (χ3v) is 5.23. The second-order valence-corrected chi connectivity index (χ2v) is 8.22. The molecule has 0 fully saturated rings. The summed E-state index contributed by atoms with van der Waals surface area (Å²) < 4.78 is 0. The Hall–Kier alpha value is -3.91. The number of guanidine groups is 1. The van der Waals surface area contributed by atoms with Crippen molar-refractivity contribution in [1.82, 2.24) is 15.0 Å². The van der Waals surface area contributed by atoms with E-state index in [9.17, 15) is 0 Å². The monoisotopic (exact) mass is 455 g/mol. The lowest BCUT2D eigenvalue weighted by atomic mass is 10.1. The summed E-state index contributed by atoms with van der Waals surface area (Å²) in [5, 5.41) is 10.9. The largest absolute Gasteiger partial charge is 0.331 e. The zero-order chi connectivity index (χ0) is 23.4. The van der Waals surface area contributed by atoms with Gasteiger partial charge in [0, 0.05) is 22.5 Å². The molecule has 2 aromatic heterocycles. The van der Waals surface area contributed by atoms with Crippen LogP contribution in [-0.2, 0) is 0 Å². The zero-order valence-corrected chi connectivity index (χ0v) is 19.8. The van der Waals surface area contributed by atoms with Crippen molar-refractivity contribution in [3.63, 3.8) is 0 Å². The van der Waals surface area contributed by atoms with Crippen LogP contribution in [0.5, 0.6) is 0 Å². The first-order chi connectivity index (χ1) is 15.9. The summed E-state index contributed by atoms with van der Waals surface area (Å²) in [6.07, 6.45) is 1.75. The normalized spacial score (nSPS) is 11.3. The van der Waals surface area contributed by atoms with Crippen LogP contribution in [0.1, 0.15) is 22.5 Å². The number of aliphatic imine (C=N–C) groups is 1. The maximum Gasteiger partial charge on any atom is 0.229 e. The molecule has 0 aliphatic carbocycles. The van der Waals surface area contributed by atoms with E-state index in [0.29, 0.717) is 17.0 Å². The van der Waals surface area contributed by atoms with Crippen LogP contribution in [0.2, 0.25) is 0 Å². The number of aromatic nitrogens is 3. The number of para-hydroxylation sites is 1. The van der Waals surface area contributed by atoms with Gasteiger partial charge in [0.25, 0.3) is 0 Å². The number of nitrogens with one attached hydrogen (secondary N) is 3. The second kappa shape index (κ2) is 9.70. The third kappa shape index (κ3) is 5.87. The molecule has 4 rings (SSSR count). The standard InChI is InChI=1S/C25H25N7S/c1-15-9-10-20(11-16(15)2)30-25(33)32-24(31-23-27-17(3)12-18(4)28-23)29-21-13-19-7-5-6-8-22(19)26-14-21/h5-14H,1-4H3,(H3,27,28,29,30,31,32,33). The van der Waals surface area contributed by atoms with Crippen LogP contribution in [0.25, 0.3) is 10.9 Å². The van der Waals surface area contributed by atoms with Gasteiger partial charge in [0.05, 0.1) is 17.4 Å². The molecule has 33 heavy (non-hydrogen) atoms. The highest BCUT2D eigenvalue weighted by Gasteiger charge is 2.08. The Morgan fingerprint density at radius 1 is 0.788 bits per heavy atom. The van der Waals surface area contributed by atoms with E-state index in [0.717, 1.165) is 33.7 Å². The molecule has 0 atom stereocenters. The number of rotatable bonds is 3. The highest BCUT2D eigenvalue weighted by molar-refractivity contribution is 7.80. The van der Waals surface area contributed by atoms with Crippen LogP contribution >= 0.6 is 12.2 Å².